The van der Waals surface area contributed by atoms with Crippen LogP contribution in [-0.4, -0.2) is 52.5 Å². The molecule has 11 heteroatoms. The van der Waals surface area contributed by atoms with Crippen LogP contribution in [0.5, 0.6) is 10.9 Å². The van der Waals surface area contributed by atoms with Crippen LogP contribution in [-0.2, 0) is 4.74 Å². The highest BCUT2D eigenvalue weighted by molar-refractivity contribution is 7.17. The van der Waals surface area contributed by atoms with E-state index in [2.05, 4.69) is 25.5 Å². The van der Waals surface area contributed by atoms with Crippen LogP contribution in [0, 0.1) is 12.8 Å². The van der Waals surface area contributed by atoms with Gasteiger partial charge in [-0.25, -0.2) is 4.98 Å². The van der Waals surface area contributed by atoms with Crippen molar-refractivity contribution >= 4 is 34.0 Å². The van der Waals surface area contributed by atoms with E-state index in [9.17, 15) is 4.79 Å². The maximum absolute atomic E-state index is 13.1. The Kier molecular flexibility index (Phi) is 6.83. The Balaban J connectivity index is 1.51. The minimum atomic E-state index is -0.386. The molecule has 0 aliphatic carbocycles. The molecule has 1 amide bonds. The zero-order chi connectivity index (χ0) is 22.7. The average Bonchev–Trinajstić information content (AvgIpc) is 3.40. The molecule has 0 unspecified atom stereocenters. The molecular formula is C21H22ClN5O4S. The number of hydrogen-bond acceptors (Lipinski definition) is 9. The van der Waals surface area contributed by atoms with E-state index < -0.39 is 0 Å². The highest BCUT2D eigenvalue weighted by Gasteiger charge is 2.23. The molecule has 1 saturated heterocycles. The number of aryl methyl sites for hydroxylation is 1. The van der Waals surface area contributed by atoms with Crippen molar-refractivity contribution in [2.75, 3.05) is 25.6 Å². The summed E-state index contributed by atoms with van der Waals surface area (Å²) in [7, 11) is 1.53. The Bertz CT molecular complexity index is 1130. The highest BCUT2D eigenvalue weighted by Crippen LogP contribution is 2.34. The summed E-state index contributed by atoms with van der Waals surface area (Å²) in [6, 6.07) is 3.44. The summed E-state index contributed by atoms with van der Waals surface area (Å²) in [5, 5.41) is 11.8. The van der Waals surface area contributed by atoms with Gasteiger partial charge in [0.05, 0.1) is 38.2 Å². The molecule has 2 atom stereocenters. The van der Waals surface area contributed by atoms with Crippen molar-refractivity contribution < 1.29 is 19.0 Å². The molecule has 3 aromatic heterocycles. The third-order valence-electron chi connectivity index (χ3n) is 4.98. The third kappa shape index (κ3) is 5.14. The second-order valence-corrected chi connectivity index (χ2v) is 8.79. The first-order chi connectivity index (χ1) is 15.4. The molecule has 1 aliphatic rings. The Labute approximate surface area is 194 Å². The lowest BCUT2D eigenvalue weighted by molar-refractivity contribution is 0.102. The van der Waals surface area contributed by atoms with Crippen molar-refractivity contribution in [1.82, 2.24) is 20.2 Å². The van der Waals surface area contributed by atoms with Gasteiger partial charge in [-0.1, -0.05) is 16.7 Å². The van der Waals surface area contributed by atoms with Gasteiger partial charge in [-0.3, -0.25) is 15.1 Å². The van der Waals surface area contributed by atoms with E-state index in [1.165, 1.54) is 19.5 Å². The van der Waals surface area contributed by atoms with Crippen molar-refractivity contribution in [3.8, 4) is 22.1 Å². The van der Waals surface area contributed by atoms with Gasteiger partial charge < -0.3 is 14.2 Å². The van der Waals surface area contributed by atoms with Crippen LogP contribution >= 0.6 is 22.9 Å². The van der Waals surface area contributed by atoms with Crippen LogP contribution in [0.4, 0.5) is 5.13 Å². The number of aromatic nitrogens is 4. The monoisotopic (exact) mass is 475 g/mol. The van der Waals surface area contributed by atoms with Gasteiger partial charge in [-0.05, 0) is 43.7 Å². The maximum atomic E-state index is 13.1. The molecular weight excluding hydrogens is 454 g/mol. The molecule has 1 N–H and O–H groups in total. The van der Waals surface area contributed by atoms with Gasteiger partial charge in [-0.15, -0.1) is 5.10 Å². The molecule has 0 bridgehead atoms. The lowest BCUT2D eigenvalue weighted by Crippen LogP contribution is -2.14. The largest absolute Gasteiger partial charge is 0.494 e. The summed E-state index contributed by atoms with van der Waals surface area (Å²) in [5.74, 6) is 0.435. The first-order valence-corrected chi connectivity index (χ1v) is 11.2. The van der Waals surface area contributed by atoms with Gasteiger partial charge in [0.15, 0.2) is 0 Å². The zero-order valence-electron chi connectivity index (χ0n) is 17.8. The maximum Gasteiger partial charge on any atom is 0.295 e. The minimum Gasteiger partial charge on any atom is -0.494 e. The van der Waals surface area contributed by atoms with Crippen molar-refractivity contribution in [1.29, 1.82) is 0 Å². The van der Waals surface area contributed by atoms with Crippen molar-refractivity contribution in [2.24, 2.45) is 5.92 Å². The second-order valence-electron chi connectivity index (χ2n) is 7.46. The van der Waals surface area contributed by atoms with Crippen LogP contribution in [0.1, 0.15) is 29.4 Å². The van der Waals surface area contributed by atoms with Crippen LogP contribution < -0.4 is 14.8 Å². The third-order valence-corrected chi connectivity index (χ3v) is 5.94. The van der Waals surface area contributed by atoms with Crippen LogP contribution in [0.15, 0.2) is 24.5 Å². The van der Waals surface area contributed by atoms with E-state index in [0.717, 1.165) is 23.5 Å². The van der Waals surface area contributed by atoms with Crippen LogP contribution in [0.25, 0.3) is 11.1 Å². The first kappa shape index (κ1) is 22.4. The van der Waals surface area contributed by atoms with Gasteiger partial charge in [-0.2, -0.15) is 0 Å². The lowest BCUT2D eigenvalue weighted by Gasteiger charge is -2.13. The Hall–Kier alpha value is -2.82. The smallest absolute Gasteiger partial charge is 0.295 e. The fraction of sp³-hybridized carbons (Fsp3) is 0.381. The number of carbonyl (C=O) groups is 1. The summed E-state index contributed by atoms with van der Waals surface area (Å²) in [4.78, 5) is 21.4. The van der Waals surface area contributed by atoms with Gasteiger partial charge >= 0.3 is 0 Å². The lowest BCUT2D eigenvalue weighted by atomic mass is 10.0. The Morgan fingerprint density at radius 3 is 2.88 bits per heavy atom. The number of carbonyl (C=O) groups excluding carboxylic acids is 1. The van der Waals surface area contributed by atoms with E-state index in [-0.39, 0.29) is 17.2 Å². The predicted octanol–water partition coefficient (Wildman–Crippen LogP) is 4.02. The molecule has 1 fully saturated rings. The topological polar surface area (TPSA) is 108 Å². The van der Waals surface area contributed by atoms with Crippen molar-refractivity contribution in [3.05, 3.63) is 40.9 Å². The molecule has 0 aromatic carbocycles. The van der Waals surface area contributed by atoms with Gasteiger partial charge in [0, 0.05) is 28.9 Å². The van der Waals surface area contributed by atoms with Crippen LogP contribution in [0.3, 0.4) is 0 Å². The van der Waals surface area contributed by atoms with Gasteiger partial charge in [0.1, 0.15) is 10.9 Å². The number of amides is 1. The second kappa shape index (κ2) is 9.76. The van der Waals surface area contributed by atoms with E-state index >= 15 is 0 Å². The first-order valence-electron chi connectivity index (χ1n) is 9.98. The van der Waals surface area contributed by atoms with Gasteiger partial charge in [0.2, 0.25) is 5.13 Å². The number of nitrogens with zero attached hydrogens (tertiary/aromatic N) is 4. The molecule has 4 heterocycles. The molecule has 168 valence electrons. The summed E-state index contributed by atoms with van der Waals surface area (Å²) < 4.78 is 16.7. The predicted molar refractivity (Wildman–Crippen MR) is 121 cm³/mol. The molecule has 1 aliphatic heterocycles. The van der Waals surface area contributed by atoms with E-state index in [4.69, 9.17) is 25.8 Å². The number of rotatable bonds is 7. The zero-order valence-corrected chi connectivity index (χ0v) is 19.4. The molecule has 0 spiro atoms. The van der Waals surface area contributed by atoms with Crippen LogP contribution in [0.2, 0.25) is 5.15 Å². The standard InChI is InChI=1S/C21H22ClN5O4S/c1-11-4-14(15-6-18(22)24-8-17(15)29-3)16(7-23-11)19(28)25-20-26-27-21(32-20)31-10-13-5-12(2)30-9-13/h4,6-8,12-13H,5,9-10H2,1-3H3,(H,25,26,28)/t12-,13-/m0/s1. The quantitative estimate of drug-likeness (QED) is 0.510. The number of methoxy groups -OCH3 is 1. The summed E-state index contributed by atoms with van der Waals surface area (Å²) in [6.07, 6.45) is 4.22. The van der Waals surface area contributed by atoms with Crippen molar-refractivity contribution in [2.45, 2.75) is 26.4 Å². The molecule has 3 aromatic rings. The molecule has 0 radical (unpaired) electrons. The summed E-state index contributed by atoms with van der Waals surface area (Å²) in [5.41, 5.74) is 2.33. The highest BCUT2D eigenvalue weighted by atomic mass is 35.5. The van der Waals surface area contributed by atoms with E-state index in [1.807, 2.05) is 13.8 Å². The normalized spacial score (nSPS) is 17.9. The number of halogens is 1. The number of pyridine rings is 2. The number of nitrogens with one attached hydrogen (secondary N) is 1. The summed E-state index contributed by atoms with van der Waals surface area (Å²) in [6.45, 7) is 5.06. The minimum absolute atomic E-state index is 0.249. The average molecular weight is 476 g/mol. The Morgan fingerprint density at radius 2 is 2.12 bits per heavy atom. The van der Waals surface area contributed by atoms with E-state index in [1.54, 1.807) is 12.1 Å². The van der Waals surface area contributed by atoms with Gasteiger partial charge in [0.25, 0.3) is 11.1 Å². The summed E-state index contributed by atoms with van der Waals surface area (Å²) >= 11 is 7.25. The molecule has 32 heavy (non-hydrogen) atoms. The molecule has 0 saturated carbocycles. The Morgan fingerprint density at radius 1 is 1.28 bits per heavy atom. The number of anilines is 1. The molecule has 4 rings (SSSR count). The molecule has 9 nitrogen and oxygen atoms in total. The number of hydrogen-bond donors (Lipinski definition) is 1. The van der Waals surface area contributed by atoms with E-state index in [0.29, 0.717) is 51.9 Å². The fourth-order valence-corrected chi connectivity index (χ4v) is 4.21. The fourth-order valence-electron chi connectivity index (χ4n) is 3.45. The number of ether oxygens (including phenoxy) is 3. The van der Waals surface area contributed by atoms with Crippen molar-refractivity contribution in [3.63, 3.8) is 0 Å². The SMILES string of the molecule is COc1cnc(Cl)cc1-c1cc(C)ncc1C(=O)Nc1nnc(OC[C@@H]2CO[C@@H](C)C2)s1.